The molecular formula is C37H38Cl3F4N3O3S2. The zero-order valence-corrected chi connectivity index (χ0v) is 32.0. The van der Waals surface area contributed by atoms with Gasteiger partial charge < -0.3 is 10.5 Å². The number of Topliss-reactive ketones (excluding diaryl/α,β-unsaturated/α-hetero) is 1. The van der Waals surface area contributed by atoms with Crippen LogP contribution in [0, 0.1) is 41.0 Å². The van der Waals surface area contributed by atoms with Crippen LogP contribution in [0.15, 0.2) is 24.3 Å². The lowest BCUT2D eigenvalue weighted by atomic mass is 9.70. The molecule has 0 radical (unpaired) electrons. The van der Waals surface area contributed by atoms with Gasteiger partial charge in [-0.25, -0.2) is 17.6 Å². The average Bonchev–Trinajstić information content (AvgIpc) is 4.02. The highest BCUT2D eigenvalue weighted by Gasteiger charge is 2.60. The number of hydrogen-bond donors (Lipinski definition) is 1. The molecule has 280 valence electrons. The lowest BCUT2D eigenvalue weighted by molar-refractivity contribution is -0.120. The smallest absolute Gasteiger partial charge is 0.299 e. The molecule has 2 aromatic carbocycles. The zero-order chi connectivity index (χ0) is 35.8. The monoisotopic (exact) mass is 817 g/mol. The molecule has 6 saturated heterocycles. The number of benzene rings is 2. The van der Waals surface area contributed by atoms with Crippen molar-refractivity contribution in [3.05, 3.63) is 62.5 Å². The molecule has 8 aliphatic rings. The number of ketones is 1. The molecule has 4 bridgehead atoms. The Kier molecular flexibility index (Phi) is 10.7. The molecule has 52 heavy (non-hydrogen) atoms. The lowest BCUT2D eigenvalue weighted by Gasteiger charge is -2.52. The van der Waals surface area contributed by atoms with Crippen LogP contribution in [0.5, 0.6) is 5.06 Å². The molecule has 2 aliphatic carbocycles. The first-order valence-corrected chi connectivity index (χ1v) is 19.9. The van der Waals surface area contributed by atoms with E-state index in [4.69, 9.17) is 28.9 Å². The highest BCUT2D eigenvalue weighted by atomic mass is 35.5. The maximum atomic E-state index is 14.2. The first kappa shape index (κ1) is 38.3. The van der Waals surface area contributed by atoms with Crippen LogP contribution in [-0.4, -0.2) is 65.4 Å². The topological polar surface area (TPSA) is 75.9 Å². The summed E-state index contributed by atoms with van der Waals surface area (Å²) < 4.78 is 59.2. The van der Waals surface area contributed by atoms with Gasteiger partial charge in [-0.2, -0.15) is 0 Å². The standard InChI is InChI=1S/C19H18ClF2NOS.C9H3ClF2O2S.C9H16N2.ClH/c20-16-13(21)7-11-8-15(25-18(11)17(16)22)14(24)9-12-10-1-5-23(6-2-10)19(12)3-4-19;10-7-5(11)1-4-2-6(14-3-13)15-9(4)8(7)12;10-8-7-1-5-11(6-2-7)9(8)3-4-9;/h7-8,10,12H,1-6,9H2;1-3H;7-8H,1-6,10H2;1H/t12-;;8-;/m1.1./s1. The molecule has 0 unspecified atom stereocenters. The second-order valence-corrected chi connectivity index (χ2v) is 17.6. The summed E-state index contributed by atoms with van der Waals surface area (Å²) in [7, 11) is 0. The quantitative estimate of drug-likeness (QED) is 0.0937. The van der Waals surface area contributed by atoms with Crippen LogP contribution < -0.4 is 10.5 Å². The third-order valence-corrected chi connectivity index (χ3v) is 15.3. The van der Waals surface area contributed by atoms with Crippen molar-refractivity contribution in [2.45, 2.75) is 74.9 Å². The fourth-order valence-electron chi connectivity index (χ4n) is 9.42. The SMILES string of the molecule is Cl.N[C@@H]1C2CCN(CC2)C12CC2.O=C(C[C@@H]1C2CCN(CC2)C12CC2)c1cc2cc(F)c(Cl)c(F)c2s1.O=COc1cc2cc(F)c(Cl)c(F)c2s1. The number of carbonyl (C=O) groups is 2. The Hall–Kier alpha value is -2.03. The molecule has 2 N–H and O–H groups in total. The minimum Gasteiger partial charge on any atom is -0.418 e. The molecule has 2 saturated carbocycles. The van der Waals surface area contributed by atoms with Crippen LogP contribution in [0.2, 0.25) is 10.0 Å². The Labute approximate surface area is 322 Å². The highest BCUT2D eigenvalue weighted by Crippen LogP contribution is 2.59. The first-order chi connectivity index (χ1) is 24.5. The number of nitrogens with zero attached hydrogens (tertiary/aromatic N) is 2. The molecule has 2 spiro atoms. The van der Waals surface area contributed by atoms with Crippen molar-refractivity contribution in [2.75, 3.05) is 26.2 Å². The normalized spacial score (nSPS) is 28.1. The van der Waals surface area contributed by atoms with Gasteiger partial charge in [-0.1, -0.05) is 34.5 Å². The van der Waals surface area contributed by atoms with E-state index in [1.54, 1.807) is 6.07 Å². The van der Waals surface area contributed by atoms with Gasteiger partial charge in [0.05, 0.1) is 14.3 Å². The minimum atomic E-state index is -0.836. The van der Waals surface area contributed by atoms with Crippen LogP contribution >= 0.6 is 58.3 Å². The third kappa shape index (κ3) is 6.56. The Morgan fingerprint density at radius 1 is 0.808 bits per heavy atom. The van der Waals surface area contributed by atoms with Crippen molar-refractivity contribution < 1.29 is 31.9 Å². The summed E-state index contributed by atoms with van der Waals surface area (Å²) in [6, 6.07) is 5.81. The summed E-state index contributed by atoms with van der Waals surface area (Å²) in [5, 5.41) is -0.121. The largest absolute Gasteiger partial charge is 0.418 e. The van der Waals surface area contributed by atoms with Crippen LogP contribution in [0.4, 0.5) is 17.6 Å². The molecule has 0 amide bonds. The van der Waals surface area contributed by atoms with Gasteiger partial charge in [0.15, 0.2) is 22.5 Å². The van der Waals surface area contributed by atoms with Crippen LogP contribution in [0.3, 0.4) is 0 Å². The number of piperidine rings is 6. The van der Waals surface area contributed by atoms with Crippen molar-refractivity contribution in [2.24, 2.45) is 23.5 Å². The number of rotatable bonds is 5. The number of fused-ring (bicyclic) bond motifs is 6. The first-order valence-electron chi connectivity index (χ1n) is 17.5. The van der Waals surface area contributed by atoms with Gasteiger partial charge in [-0.05, 0) is 119 Å². The van der Waals surface area contributed by atoms with Crippen molar-refractivity contribution >= 4 is 90.7 Å². The molecule has 15 heteroatoms. The second-order valence-electron chi connectivity index (χ2n) is 14.8. The van der Waals surface area contributed by atoms with E-state index in [1.165, 1.54) is 89.7 Å². The number of thiophene rings is 2. The number of halogens is 7. The van der Waals surface area contributed by atoms with E-state index >= 15 is 0 Å². The van der Waals surface area contributed by atoms with E-state index < -0.39 is 33.3 Å². The fraction of sp³-hybridized carbons (Fsp3) is 0.514. The molecule has 2 atom stereocenters. The van der Waals surface area contributed by atoms with Gasteiger partial charge in [0.2, 0.25) is 0 Å². The number of carbonyl (C=O) groups excluding carboxylic acids is 2. The van der Waals surface area contributed by atoms with Crippen LogP contribution in [-0.2, 0) is 4.79 Å². The molecular weight excluding hydrogens is 781 g/mol. The predicted octanol–water partition coefficient (Wildman–Crippen LogP) is 9.64. The Morgan fingerprint density at radius 3 is 1.81 bits per heavy atom. The van der Waals surface area contributed by atoms with Gasteiger partial charge in [0.1, 0.15) is 21.7 Å². The maximum absolute atomic E-state index is 14.2. The van der Waals surface area contributed by atoms with E-state index in [-0.39, 0.29) is 44.7 Å². The number of nitrogens with two attached hydrogens (primary N) is 1. The van der Waals surface area contributed by atoms with Crippen molar-refractivity contribution in [3.63, 3.8) is 0 Å². The van der Waals surface area contributed by atoms with Gasteiger partial charge >= 0.3 is 0 Å². The fourth-order valence-corrected chi connectivity index (χ4v) is 11.8. The summed E-state index contributed by atoms with van der Waals surface area (Å²) in [6.07, 6.45) is 10.8. The highest BCUT2D eigenvalue weighted by molar-refractivity contribution is 7.21. The summed E-state index contributed by atoms with van der Waals surface area (Å²) in [4.78, 5) is 28.7. The van der Waals surface area contributed by atoms with E-state index in [0.29, 0.717) is 45.5 Å². The van der Waals surface area contributed by atoms with Crippen LogP contribution in [0.1, 0.15) is 67.5 Å². The molecule has 6 aliphatic heterocycles. The van der Waals surface area contributed by atoms with Crippen LogP contribution in [0.25, 0.3) is 20.2 Å². The van der Waals surface area contributed by atoms with E-state index in [0.717, 1.165) is 34.7 Å². The van der Waals surface area contributed by atoms with Crippen molar-refractivity contribution in [1.29, 1.82) is 0 Å². The van der Waals surface area contributed by atoms with Gasteiger partial charge in [0, 0.05) is 35.0 Å². The minimum absolute atomic E-state index is 0. The molecule has 8 heterocycles. The average molecular weight is 819 g/mol. The third-order valence-electron chi connectivity index (χ3n) is 12.4. The molecule has 12 rings (SSSR count). The van der Waals surface area contributed by atoms with Crippen molar-refractivity contribution in [1.82, 2.24) is 9.80 Å². The predicted molar refractivity (Wildman–Crippen MR) is 200 cm³/mol. The molecule has 8 fully saturated rings. The Balaban J connectivity index is 0.000000132. The van der Waals surface area contributed by atoms with Crippen molar-refractivity contribution in [3.8, 4) is 5.06 Å². The zero-order valence-electron chi connectivity index (χ0n) is 28.1. The summed E-state index contributed by atoms with van der Waals surface area (Å²) in [5.41, 5.74) is 6.99. The van der Waals surface area contributed by atoms with E-state index in [2.05, 4.69) is 14.5 Å². The number of hydrogen-bond acceptors (Lipinski definition) is 8. The molecule has 6 nitrogen and oxygen atoms in total. The number of ether oxygens (including phenoxy) is 1. The van der Waals surface area contributed by atoms with Gasteiger partial charge in [0.25, 0.3) is 6.47 Å². The molecule has 4 aromatic rings. The van der Waals surface area contributed by atoms with Gasteiger partial charge in [-0.15, -0.1) is 23.7 Å². The second kappa shape index (κ2) is 14.6. The summed E-state index contributed by atoms with van der Waals surface area (Å²) in [5.74, 6) is -1.24. The van der Waals surface area contributed by atoms with Gasteiger partial charge in [-0.3, -0.25) is 19.4 Å². The summed E-state index contributed by atoms with van der Waals surface area (Å²) in [6.45, 7) is 5.22. The maximum Gasteiger partial charge on any atom is 0.299 e. The molecule has 2 aromatic heterocycles. The Morgan fingerprint density at radius 2 is 1.31 bits per heavy atom. The van der Waals surface area contributed by atoms with E-state index in [1.807, 2.05) is 0 Å². The lowest BCUT2D eigenvalue weighted by Crippen LogP contribution is -2.63. The van der Waals surface area contributed by atoms with E-state index in [9.17, 15) is 27.2 Å². The summed E-state index contributed by atoms with van der Waals surface area (Å²) >= 11 is 13.0. The Bertz CT molecular complexity index is 2020.